The zero-order valence-corrected chi connectivity index (χ0v) is 25.9. The van der Waals surface area contributed by atoms with Crippen molar-refractivity contribution in [1.29, 1.82) is 0 Å². The van der Waals surface area contributed by atoms with Crippen LogP contribution in [-0.2, 0) is 0 Å². The molecule has 0 radical (unpaired) electrons. The predicted octanol–water partition coefficient (Wildman–Crippen LogP) is 9.66. The van der Waals surface area contributed by atoms with Gasteiger partial charge in [0.1, 0.15) is 22.5 Å². The number of rotatable bonds is 4. The Morgan fingerprint density at radius 1 is 0.583 bits per heavy atom. The van der Waals surface area contributed by atoms with Crippen LogP contribution >= 0.6 is 0 Å². The maximum atomic E-state index is 6.28. The van der Waals surface area contributed by atoms with Gasteiger partial charge >= 0.3 is 6.01 Å². The first-order chi connectivity index (χ1) is 23.7. The number of nitrogens with zero attached hydrogens (tertiary/aromatic N) is 5. The Morgan fingerprint density at radius 2 is 1.31 bits per heavy atom. The van der Waals surface area contributed by atoms with E-state index in [1.54, 1.807) is 0 Å². The number of aliphatic imine (C=N–C) groups is 2. The van der Waals surface area contributed by atoms with E-state index in [1.807, 2.05) is 72.8 Å². The Hall–Kier alpha value is -6.47. The summed E-state index contributed by atoms with van der Waals surface area (Å²) in [5, 5.41) is 4.34. The summed E-state index contributed by atoms with van der Waals surface area (Å²) < 4.78 is 14.7. The van der Waals surface area contributed by atoms with Crippen molar-refractivity contribution in [2.45, 2.75) is 6.17 Å². The minimum Gasteiger partial charge on any atom is -0.456 e. The van der Waals surface area contributed by atoms with Crippen molar-refractivity contribution in [2.75, 3.05) is 7.05 Å². The van der Waals surface area contributed by atoms with Crippen molar-refractivity contribution < 1.29 is 8.83 Å². The highest BCUT2D eigenvalue weighted by Crippen LogP contribution is 2.39. The fourth-order valence-electron chi connectivity index (χ4n) is 7.09. The summed E-state index contributed by atoms with van der Waals surface area (Å²) in [7, 11) is 2.07. The molecule has 3 aromatic heterocycles. The van der Waals surface area contributed by atoms with Gasteiger partial charge in [0.25, 0.3) is 0 Å². The zero-order valence-electron chi connectivity index (χ0n) is 25.9. The van der Waals surface area contributed by atoms with Crippen molar-refractivity contribution in [3.63, 3.8) is 0 Å². The van der Waals surface area contributed by atoms with Crippen LogP contribution in [0.15, 0.2) is 158 Å². The molecule has 7 nitrogen and oxygen atoms in total. The van der Waals surface area contributed by atoms with E-state index in [2.05, 4.69) is 83.2 Å². The largest absolute Gasteiger partial charge is 0.456 e. The number of fused-ring (bicyclic) bond motifs is 7. The Bertz CT molecular complexity index is 2730. The fraction of sp³-hybridized carbons (Fsp3) is 0.0488. The number of amidine groups is 2. The van der Waals surface area contributed by atoms with E-state index in [0.717, 1.165) is 77.4 Å². The van der Waals surface area contributed by atoms with Crippen LogP contribution in [0.5, 0.6) is 0 Å². The second-order valence-corrected chi connectivity index (χ2v) is 12.1. The molecule has 0 aliphatic carbocycles. The maximum absolute atomic E-state index is 6.28. The predicted molar refractivity (Wildman–Crippen MR) is 192 cm³/mol. The van der Waals surface area contributed by atoms with Gasteiger partial charge < -0.3 is 13.7 Å². The third kappa shape index (κ3) is 3.97. The molecule has 6 aromatic carbocycles. The molecule has 1 aliphatic heterocycles. The molecule has 1 atom stereocenters. The second kappa shape index (κ2) is 10.3. The molecule has 10 rings (SSSR count). The van der Waals surface area contributed by atoms with E-state index >= 15 is 0 Å². The van der Waals surface area contributed by atoms with Gasteiger partial charge in [-0.25, -0.2) is 9.98 Å². The fourth-order valence-corrected chi connectivity index (χ4v) is 7.09. The Kier molecular flexibility index (Phi) is 5.72. The highest BCUT2D eigenvalue weighted by Gasteiger charge is 2.30. The summed E-state index contributed by atoms with van der Waals surface area (Å²) >= 11 is 0. The number of oxazole rings is 1. The molecule has 0 bridgehead atoms. The number of para-hydroxylation sites is 4. The lowest BCUT2D eigenvalue weighted by molar-refractivity contribution is 0.385. The second-order valence-electron chi connectivity index (χ2n) is 12.1. The Balaban J connectivity index is 1.17. The molecule has 4 heterocycles. The number of hydrogen-bond acceptors (Lipinski definition) is 6. The molecule has 0 amide bonds. The molecule has 48 heavy (non-hydrogen) atoms. The Morgan fingerprint density at radius 3 is 2.19 bits per heavy atom. The van der Waals surface area contributed by atoms with Crippen LogP contribution in [0.25, 0.3) is 60.9 Å². The van der Waals surface area contributed by atoms with Gasteiger partial charge in [-0.1, -0.05) is 91.0 Å². The van der Waals surface area contributed by atoms with Gasteiger partial charge in [-0.2, -0.15) is 4.98 Å². The number of benzene rings is 6. The molecule has 228 valence electrons. The first-order valence-electron chi connectivity index (χ1n) is 16.0. The van der Waals surface area contributed by atoms with Gasteiger partial charge in [-0.15, -0.1) is 0 Å². The quantitative estimate of drug-likeness (QED) is 0.196. The van der Waals surface area contributed by atoms with Crippen molar-refractivity contribution >= 4 is 66.5 Å². The van der Waals surface area contributed by atoms with E-state index in [4.69, 9.17) is 23.8 Å². The van der Waals surface area contributed by atoms with E-state index in [9.17, 15) is 0 Å². The first kappa shape index (κ1) is 26.7. The van der Waals surface area contributed by atoms with E-state index < -0.39 is 0 Å². The average Bonchev–Trinajstić information content (AvgIpc) is 3.83. The third-order valence-corrected chi connectivity index (χ3v) is 9.31. The summed E-state index contributed by atoms with van der Waals surface area (Å²) in [6.45, 7) is 0. The van der Waals surface area contributed by atoms with Gasteiger partial charge in [0.15, 0.2) is 17.6 Å². The SMILES string of the molecule is CN1C(c2ccc3c(c2)c2ccccc2n3-c2nc3ccccc3o2)=NC(c2ccccc2)=NC1c1cccc2oc3ccccc3c12. The lowest BCUT2D eigenvalue weighted by Crippen LogP contribution is -2.35. The van der Waals surface area contributed by atoms with E-state index in [0.29, 0.717) is 11.9 Å². The molecule has 1 unspecified atom stereocenters. The highest BCUT2D eigenvalue weighted by molar-refractivity contribution is 6.17. The third-order valence-electron chi connectivity index (χ3n) is 9.31. The molecule has 1 aliphatic rings. The Labute approximate surface area is 274 Å². The van der Waals surface area contributed by atoms with Crippen molar-refractivity contribution in [1.82, 2.24) is 14.5 Å². The summed E-state index contributed by atoms with van der Waals surface area (Å²) in [5.74, 6) is 1.52. The lowest BCUT2D eigenvalue weighted by atomic mass is 10.0. The summed E-state index contributed by atoms with van der Waals surface area (Å²) in [6, 6.07) is 47.9. The molecule has 7 heteroatoms. The molecule has 0 N–H and O–H groups in total. The van der Waals surface area contributed by atoms with Gasteiger partial charge in [0.2, 0.25) is 0 Å². The van der Waals surface area contributed by atoms with Crippen LogP contribution in [-0.4, -0.2) is 33.2 Å². The van der Waals surface area contributed by atoms with Crippen molar-refractivity contribution in [3.05, 3.63) is 156 Å². The molecule has 9 aromatic rings. The zero-order chi connectivity index (χ0) is 31.8. The molecular formula is C41H27N5O2. The van der Waals surface area contributed by atoms with Crippen molar-refractivity contribution in [3.8, 4) is 6.01 Å². The van der Waals surface area contributed by atoms with E-state index in [-0.39, 0.29) is 6.17 Å². The van der Waals surface area contributed by atoms with Crippen molar-refractivity contribution in [2.24, 2.45) is 9.98 Å². The monoisotopic (exact) mass is 621 g/mol. The average molecular weight is 622 g/mol. The summed E-state index contributed by atoms with van der Waals surface area (Å²) in [4.78, 5) is 17.5. The highest BCUT2D eigenvalue weighted by atomic mass is 16.4. The normalized spacial score (nSPS) is 15.2. The van der Waals surface area contributed by atoms with Gasteiger partial charge in [0.05, 0.1) is 11.0 Å². The van der Waals surface area contributed by atoms with E-state index in [1.165, 1.54) is 0 Å². The number of aromatic nitrogens is 2. The lowest BCUT2D eigenvalue weighted by Gasteiger charge is -2.33. The number of hydrogen-bond donors (Lipinski definition) is 0. The summed E-state index contributed by atoms with van der Waals surface area (Å²) in [5.41, 5.74) is 8.34. The maximum Gasteiger partial charge on any atom is 0.307 e. The minimum atomic E-state index is -0.339. The molecule has 0 spiro atoms. The standard InChI is InChI=1S/C41H27N5O2/c1-45-39(26-22-23-33-30(24-26)27-14-5-8-18-32(27)46(33)41-42-31-17-7-10-20-35(31)48-41)43-38(25-12-3-2-4-13-25)44-40(45)29-16-11-21-36-37(29)28-15-6-9-19-34(28)47-36/h2-24,40H,1H3. The van der Waals surface area contributed by atoms with Crippen LogP contribution in [0, 0.1) is 0 Å². The molecule has 0 fully saturated rings. The van der Waals surface area contributed by atoms with Crippen LogP contribution in [0.2, 0.25) is 0 Å². The molecular weight excluding hydrogens is 594 g/mol. The first-order valence-corrected chi connectivity index (χ1v) is 16.0. The van der Waals surface area contributed by atoms with Crippen LogP contribution in [0.1, 0.15) is 22.9 Å². The smallest absolute Gasteiger partial charge is 0.307 e. The van der Waals surface area contributed by atoms with Gasteiger partial charge in [-0.05, 0) is 48.5 Å². The topological polar surface area (TPSA) is 72.1 Å². The van der Waals surface area contributed by atoms with Crippen LogP contribution < -0.4 is 0 Å². The summed E-state index contributed by atoms with van der Waals surface area (Å²) in [6.07, 6.45) is -0.339. The number of furan rings is 1. The van der Waals surface area contributed by atoms with Crippen LogP contribution in [0.3, 0.4) is 0 Å². The minimum absolute atomic E-state index is 0.339. The molecule has 0 saturated heterocycles. The van der Waals surface area contributed by atoms with Gasteiger partial charge in [0, 0.05) is 45.3 Å². The molecule has 0 saturated carbocycles. The van der Waals surface area contributed by atoms with Gasteiger partial charge in [-0.3, -0.25) is 4.57 Å². The van der Waals surface area contributed by atoms with Crippen LogP contribution in [0.4, 0.5) is 0 Å².